The standard InChI is InChI=1S/C21H20N2O4/c1-24-17-11-18(26-16-6-10-25-14-16)13-19(12-17)27-21-20(3-2-7-23-21)15-4-8-22-9-5-15/h2-5,7-9,11-13,16H,6,10,14H2,1H3/t16-/m0/s1. The van der Waals surface area contributed by atoms with Gasteiger partial charge in [0.2, 0.25) is 5.88 Å². The minimum Gasteiger partial charge on any atom is -0.496 e. The van der Waals surface area contributed by atoms with Gasteiger partial charge in [0.15, 0.2) is 0 Å². The Morgan fingerprint density at radius 3 is 2.59 bits per heavy atom. The highest BCUT2D eigenvalue weighted by Crippen LogP contribution is 2.35. The first kappa shape index (κ1) is 17.3. The molecule has 0 unspecified atom stereocenters. The van der Waals surface area contributed by atoms with Gasteiger partial charge in [-0.3, -0.25) is 4.98 Å². The van der Waals surface area contributed by atoms with Crippen LogP contribution in [0.4, 0.5) is 0 Å². The third kappa shape index (κ3) is 4.17. The van der Waals surface area contributed by atoms with Gasteiger partial charge < -0.3 is 18.9 Å². The van der Waals surface area contributed by atoms with Crippen LogP contribution in [0.3, 0.4) is 0 Å². The number of hydrogen-bond acceptors (Lipinski definition) is 6. The number of rotatable bonds is 6. The summed E-state index contributed by atoms with van der Waals surface area (Å²) < 4.78 is 22.9. The highest BCUT2D eigenvalue weighted by Gasteiger charge is 2.18. The fourth-order valence-corrected chi connectivity index (χ4v) is 2.92. The van der Waals surface area contributed by atoms with Crippen molar-refractivity contribution < 1.29 is 18.9 Å². The summed E-state index contributed by atoms with van der Waals surface area (Å²) in [6, 6.07) is 13.2. The highest BCUT2D eigenvalue weighted by molar-refractivity contribution is 5.68. The Balaban J connectivity index is 1.62. The number of methoxy groups -OCH3 is 1. The minimum atomic E-state index is 0.0483. The van der Waals surface area contributed by atoms with Crippen molar-refractivity contribution in [1.82, 2.24) is 9.97 Å². The Hall–Kier alpha value is -3.12. The maximum absolute atomic E-state index is 6.09. The third-order valence-corrected chi connectivity index (χ3v) is 4.26. The molecule has 6 heteroatoms. The van der Waals surface area contributed by atoms with Crippen LogP contribution in [-0.2, 0) is 4.74 Å². The molecular formula is C21H20N2O4. The van der Waals surface area contributed by atoms with Crippen molar-refractivity contribution in [1.29, 1.82) is 0 Å². The van der Waals surface area contributed by atoms with Crippen molar-refractivity contribution in [3.05, 3.63) is 61.1 Å². The van der Waals surface area contributed by atoms with E-state index < -0.39 is 0 Å². The van der Waals surface area contributed by atoms with Gasteiger partial charge in [0, 0.05) is 48.8 Å². The second-order valence-electron chi connectivity index (χ2n) is 6.14. The van der Waals surface area contributed by atoms with E-state index in [1.165, 1.54) is 0 Å². The Morgan fingerprint density at radius 1 is 1.00 bits per heavy atom. The van der Waals surface area contributed by atoms with Gasteiger partial charge in [-0.2, -0.15) is 0 Å². The molecule has 1 aliphatic rings. The molecule has 3 aromatic rings. The van der Waals surface area contributed by atoms with Crippen molar-refractivity contribution in [3.8, 4) is 34.3 Å². The molecule has 1 aromatic carbocycles. The number of aromatic nitrogens is 2. The van der Waals surface area contributed by atoms with E-state index in [-0.39, 0.29) is 6.10 Å². The van der Waals surface area contributed by atoms with Crippen molar-refractivity contribution in [2.24, 2.45) is 0 Å². The summed E-state index contributed by atoms with van der Waals surface area (Å²) in [6.07, 6.45) is 6.11. The Kier molecular flexibility index (Phi) is 5.16. The lowest BCUT2D eigenvalue weighted by atomic mass is 10.1. The number of ether oxygens (including phenoxy) is 4. The van der Waals surface area contributed by atoms with Crippen LogP contribution in [0.15, 0.2) is 61.1 Å². The van der Waals surface area contributed by atoms with E-state index in [1.807, 2.05) is 42.5 Å². The smallest absolute Gasteiger partial charge is 0.227 e. The summed E-state index contributed by atoms with van der Waals surface area (Å²) in [5.41, 5.74) is 1.87. The Morgan fingerprint density at radius 2 is 1.81 bits per heavy atom. The molecule has 4 rings (SSSR count). The van der Waals surface area contributed by atoms with Gasteiger partial charge >= 0.3 is 0 Å². The van der Waals surface area contributed by atoms with Crippen molar-refractivity contribution in [2.45, 2.75) is 12.5 Å². The normalized spacial score (nSPS) is 16.1. The van der Waals surface area contributed by atoms with Crippen LogP contribution < -0.4 is 14.2 Å². The van der Waals surface area contributed by atoms with Crippen molar-refractivity contribution in [2.75, 3.05) is 20.3 Å². The quantitative estimate of drug-likeness (QED) is 0.656. The lowest BCUT2D eigenvalue weighted by Crippen LogP contribution is -2.15. The zero-order valence-corrected chi connectivity index (χ0v) is 15.0. The predicted molar refractivity (Wildman–Crippen MR) is 100 cm³/mol. The minimum absolute atomic E-state index is 0.0483. The second kappa shape index (κ2) is 8.05. The predicted octanol–water partition coefficient (Wildman–Crippen LogP) is 4.11. The number of pyridine rings is 2. The van der Waals surface area contributed by atoms with Gasteiger partial charge in [-0.25, -0.2) is 4.98 Å². The van der Waals surface area contributed by atoms with Crippen LogP contribution in [0.25, 0.3) is 11.1 Å². The molecule has 0 aliphatic carbocycles. The van der Waals surface area contributed by atoms with Gasteiger partial charge in [0.05, 0.1) is 20.3 Å². The SMILES string of the molecule is COc1cc(Oc2ncccc2-c2ccncc2)cc(O[C@H]2CCOC2)c1. The summed E-state index contributed by atoms with van der Waals surface area (Å²) in [4.78, 5) is 8.46. The summed E-state index contributed by atoms with van der Waals surface area (Å²) in [5, 5.41) is 0. The number of benzene rings is 1. The van der Waals surface area contributed by atoms with Crippen LogP contribution >= 0.6 is 0 Å². The monoisotopic (exact) mass is 364 g/mol. The van der Waals surface area contributed by atoms with Crippen LogP contribution in [0.1, 0.15) is 6.42 Å². The molecule has 0 bridgehead atoms. The average Bonchev–Trinajstić information content (AvgIpc) is 3.22. The molecule has 0 radical (unpaired) electrons. The molecule has 1 fully saturated rings. The molecule has 0 N–H and O–H groups in total. The van der Waals surface area contributed by atoms with E-state index in [4.69, 9.17) is 18.9 Å². The highest BCUT2D eigenvalue weighted by atomic mass is 16.5. The summed E-state index contributed by atoms with van der Waals surface area (Å²) in [7, 11) is 1.62. The summed E-state index contributed by atoms with van der Waals surface area (Å²) in [6.45, 7) is 1.32. The molecule has 2 aromatic heterocycles. The lowest BCUT2D eigenvalue weighted by molar-refractivity contribution is 0.141. The maximum atomic E-state index is 6.09. The van der Waals surface area contributed by atoms with E-state index >= 15 is 0 Å². The van der Waals surface area contributed by atoms with E-state index in [0.717, 1.165) is 24.2 Å². The van der Waals surface area contributed by atoms with Gasteiger partial charge in [-0.05, 0) is 29.8 Å². The van der Waals surface area contributed by atoms with Crippen molar-refractivity contribution in [3.63, 3.8) is 0 Å². The molecule has 1 saturated heterocycles. The van der Waals surface area contributed by atoms with Gasteiger partial charge in [-0.15, -0.1) is 0 Å². The van der Waals surface area contributed by atoms with Gasteiger partial charge in [0.25, 0.3) is 0 Å². The molecule has 0 saturated carbocycles. The zero-order chi connectivity index (χ0) is 18.5. The summed E-state index contributed by atoms with van der Waals surface area (Å²) in [5.74, 6) is 2.44. The fourth-order valence-electron chi connectivity index (χ4n) is 2.92. The molecule has 0 spiro atoms. The Labute approximate surface area is 157 Å². The fraction of sp³-hybridized carbons (Fsp3) is 0.238. The van der Waals surface area contributed by atoms with Gasteiger partial charge in [-0.1, -0.05) is 0 Å². The molecule has 0 amide bonds. The average molecular weight is 364 g/mol. The molecule has 27 heavy (non-hydrogen) atoms. The molecule has 3 heterocycles. The first-order chi connectivity index (χ1) is 13.3. The molecule has 6 nitrogen and oxygen atoms in total. The van der Waals surface area contributed by atoms with Crippen LogP contribution in [0.5, 0.6) is 23.1 Å². The van der Waals surface area contributed by atoms with Crippen molar-refractivity contribution >= 4 is 0 Å². The Bertz CT molecular complexity index is 896. The third-order valence-electron chi connectivity index (χ3n) is 4.26. The maximum Gasteiger partial charge on any atom is 0.227 e. The first-order valence-corrected chi connectivity index (χ1v) is 8.78. The zero-order valence-electron chi connectivity index (χ0n) is 15.0. The van der Waals surface area contributed by atoms with Crippen LogP contribution in [-0.4, -0.2) is 36.4 Å². The first-order valence-electron chi connectivity index (χ1n) is 8.78. The largest absolute Gasteiger partial charge is 0.496 e. The molecular weight excluding hydrogens is 344 g/mol. The molecule has 1 atom stereocenters. The van der Waals surface area contributed by atoms with Crippen LogP contribution in [0, 0.1) is 0 Å². The number of hydrogen-bond donors (Lipinski definition) is 0. The second-order valence-corrected chi connectivity index (χ2v) is 6.14. The molecule has 138 valence electrons. The van der Waals surface area contributed by atoms with Gasteiger partial charge in [0.1, 0.15) is 23.4 Å². The van der Waals surface area contributed by atoms with E-state index in [0.29, 0.717) is 29.7 Å². The topological polar surface area (TPSA) is 62.7 Å². The number of nitrogens with zero attached hydrogens (tertiary/aromatic N) is 2. The van der Waals surface area contributed by atoms with E-state index in [2.05, 4.69) is 9.97 Å². The van der Waals surface area contributed by atoms with E-state index in [9.17, 15) is 0 Å². The molecule has 1 aliphatic heterocycles. The van der Waals surface area contributed by atoms with E-state index in [1.54, 1.807) is 25.7 Å². The lowest BCUT2D eigenvalue weighted by Gasteiger charge is -2.15. The summed E-state index contributed by atoms with van der Waals surface area (Å²) >= 11 is 0. The van der Waals surface area contributed by atoms with Crippen LogP contribution in [0.2, 0.25) is 0 Å².